The molecule has 204 valence electrons. The number of fused-ring (bicyclic) bond motifs is 1. The van der Waals surface area contributed by atoms with Crippen LogP contribution in [-0.2, 0) is 4.79 Å². The number of amides is 3. The number of nitrogens with one attached hydrogen (secondary N) is 3. The number of pyridine rings is 1. The van der Waals surface area contributed by atoms with Crippen LogP contribution in [0.2, 0.25) is 5.02 Å². The van der Waals surface area contributed by atoms with E-state index in [0.29, 0.717) is 34.2 Å². The van der Waals surface area contributed by atoms with E-state index in [1.165, 1.54) is 11.1 Å². The highest BCUT2D eigenvalue weighted by molar-refractivity contribution is 6.32. The van der Waals surface area contributed by atoms with Gasteiger partial charge in [-0.1, -0.05) is 49.7 Å². The van der Waals surface area contributed by atoms with E-state index < -0.39 is 6.04 Å². The van der Waals surface area contributed by atoms with E-state index in [1.54, 1.807) is 30.6 Å². The van der Waals surface area contributed by atoms with Crippen LogP contribution < -0.4 is 16.0 Å². The van der Waals surface area contributed by atoms with Crippen molar-refractivity contribution in [3.05, 3.63) is 106 Å². The average molecular weight is 554 g/mol. The number of allylic oxidation sites excluding steroid dienone is 4. The van der Waals surface area contributed by atoms with E-state index in [9.17, 15) is 9.59 Å². The van der Waals surface area contributed by atoms with Gasteiger partial charge in [0.25, 0.3) is 0 Å². The Bertz CT molecular complexity index is 1500. The van der Waals surface area contributed by atoms with Gasteiger partial charge in [-0.3, -0.25) is 14.8 Å². The summed E-state index contributed by atoms with van der Waals surface area (Å²) in [6.45, 7) is 4.36. The second-order valence-corrected chi connectivity index (χ2v) is 10.4. The number of rotatable bonds is 7. The second-order valence-electron chi connectivity index (χ2n) is 9.93. The molecule has 0 radical (unpaired) electrons. The smallest absolute Gasteiger partial charge is 0.323 e. The third kappa shape index (κ3) is 6.32. The molecule has 1 aromatic heterocycles. The van der Waals surface area contributed by atoms with E-state index in [1.807, 2.05) is 36.4 Å². The molecule has 2 heterocycles. The second kappa shape index (κ2) is 12.3. The summed E-state index contributed by atoms with van der Waals surface area (Å²) in [7, 11) is 0. The molecule has 0 saturated carbocycles. The minimum atomic E-state index is -0.555. The van der Waals surface area contributed by atoms with Crippen LogP contribution in [0, 0.1) is 5.92 Å². The zero-order chi connectivity index (χ0) is 28.1. The lowest BCUT2D eigenvalue weighted by Gasteiger charge is -2.23. The third-order valence-electron chi connectivity index (χ3n) is 7.22. The number of aliphatic imine (C=N–C) groups is 1. The van der Waals surface area contributed by atoms with E-state index in [4.69, 9.17) is 16.6 Å². The van der Waals surface area contributed by atoms with Crippen LogP contribution in [-0.4, -0.2) is 28.7 Å². The van der Waals surface area contributed by atoms with Crippen molar-refractivity contribution < 1.29 is 9.59 Å². The predicted molar refractivity (Wildman–Crippen MR) is 162 cm³/mol. The first-order valence-corrected chi connectivity index (χ1v) is 14.0. The standard InChI is InChI=1S/C32H32ClN5O2/c1-3-21-8-7-20(16-22(21)4-2)17-29-31(39)38-28-14-11-24(33)18-27(28)30(37-29)23-9-12-25(13-10-23)35-32(40)36-26-6-5-15-34-19-26/h5-6,8-16,18-20,29H,3-4,7,17H2,1-2H3,(H,38,39)(H2,35,36,40). The number of aromatic nitrogens is 1. The van der Waals surface area contributed by atoms with Gasteiger partial charge in [0.15, 0.2) is 0 Å². The summed E-state index contributed by atoms with van der Waals surface area (Å²) in [5, 5.41) is 9.22. The van der Waals surface area contributed by atoms with Gasteiger partial charge in [-0.25, -0.2) is 4.79 Å². The number of hydrogen-bond donors (Lipinski definition) is 3. The van der Waals surface area contributed by atoms with Gasteiger partial charge in [0.2, 0.25) is 5.91 Å². The Morgan fingerprint density at radius 1 is 1.02 bits per heavy atom. The maximum absolute atomic E-state index is 13.4. The van der Waals surface area contributed by atoms with E-state index in [2.05, 4.69) is 46.9 Å². The first kappa shape index (κ1) is 27.3. The van der Waals surface area contributed by atoms with Crippen molar-refractivity contribution in [2.24, 2.45) is 10.9 Å². The monoisotopic (exact) mass is 553 g/mol. The van der Waals surface area contributed by atoms with Gasteiger partial charge >= 0.3 is 6.03 Å². The maximum Gasteiger partial charge on any atom is 0.323 e. The largest absolute Gasteiger partial charge is 0.324 e. The molecule has 2 aliphatic rings. The summed E-state index contributed by atoms with van der Waals surface area (Å²) in [5.41, 5.74) is 6.93. The van der Waals surface area contributed by atoms with Gasteiger partial charge in [-0.05, 0) is 85.2 Å². The van der Waals surface area contributed by atoms with Crippen LogP contribution in [0.15, 0.2) is 95.3 Å². The highest BCUT2D eigenvalue weighted by Gasteiger charge is 2.29. The zero-order valence-corrected chi connectivity index (χ0v) is 23.3. The highest BCUT2D eigenvalue weighted by Crippen LogP contribution is 2.33. The van der Waals surface area contributed by atoms with E-state index >= 15 is 0 Å². The molecule has 2 atom stereocenters. The highest BCUT2D eigenvalue weighted by atomic mass is 35.5. The first-order chi connectivity index (χ1) is 19.4. The number of carbonyl (C=O) groups is 2. The Balaban J connectivity index is 1.41. The first-order valence-electron chi connectivity index (χ1n) is 13.6. The fourth-order valence-corrected chi connectivity index (χ4v) is 5.38. The quantitative estimate of drug-likeness (QED) is 0.281. The maximum atomic E-state index is 13.4. The van der Waals surface area contributed by atoms with Crippen molar-refractivity contribution in [1.29, 1.82) is 0 Å². The number of nitrogens with zero attached hydrogens (tertiary/aromatic N) is 2. The van der Waals surface area contributed by atoms with Gasteiger partial charge in [0, 0.05) is 28.0 Å². The summed E-state index contributed by atoms with van der Waals surface area (Å²) in [6.07, 6.45) is 11.4. The zero-order valence-electron chi connectivity index (χ0n) is 22.6. The Morgan fingerprint density at radius 2 is 1.80 bits per heavy atom. The third-order valence-corrected chi connectivity index (χ3v) is 7.46. The molecule has 7 nitrogen and oxygen atoms in total. The lowest BCUT2D eigenvalue weighted by atomic mass is 9.84. The molecule has 3 amide bonds. The Labute approximate surface area is 239 Å². The van der Waals surface area contributed by atoms with Crippen molar-refractivity contribution in [2.75, 3.05) is 16.0 Å². The summed E-state index contributed by atoms with van der Waals surface area (Å²) in [5.74, 6) is 0.112. The molecule has 0 bridgehead atoms. The number of halogens is 1. The van der Waals surface area contributed by atoms with Crippen LogP contribution in [0.25, 0.3) is 0 Å². The van der Waals surface area contributed by atoms with E-state index in [0.717, 1.165) is 30.4 Å². The SMILES string of the molecule is CCC1=CCC(CC2N=C(c3ccc(NC(=O)Nc4cccnc4)cc3)c3cc(Cl)ccc3NC2=O)C=C1CC. The van der Waals surface area contributed by atoms with Gasteiger partial charge in [-0.15, -0.1) is 0 Å². The van der Waals surface area contributed by atoms with Crippen molar-refractivity contribution in [3.8, 4) is 0 Å². The molecule has 40 heavy (non-hydrogen) atoms. The fraction of sp³-hybridized carbons (Fsp3) is 0.250. The lowest BCUT2D eigenvalue weighted by molar-refractivity contribution is -0.117. The molecule has 1 aliphatic carbocycles. The predicted octanol–water partition coefficient (Wildman–Crippen LogP) is 7.62. The Hall–Kier alpha value is -4.23. The summed E-state index contributed by atoms with van der Waals surface area (Å²) >= 11 is 6.38. The molecule has 0 spiro atoms. The fourth-order valence-electron chi connectivity index (χ4n) is 5.20. The number of urea groups is 1. The molecule has 3 aromatic rings. The molecule has 3 N–H and O–H groups in total. The number of benzodiazepines with no additional fused rings is 1. The minimum Gasteiger partial charge on any atom is -0.324 e. The normalized spacial score (nSPS) is 18.4. The van der Waals surface area contributed by atoms with Crippen LogP contribution >= 0.6 is 11.6 Å². The Morgan fingerprint density at radius 3 is 2.52 bits per heavy atom. The van der Waals surface area contributed by atoms with Crippen LogP contribution in [0.3, 0.4) is 0 Å². The van der Waals surface area contributed by atoms with Crippen LogP contribution in [0.5, 0.6) is 0 Å². The topological polar surface area (TPSA) is 95.5 Å². The van der Waals surface area contributed by atoms with Crippen molar-refractivity contribution >= 4 is 46.3 Å². The number of hydrogen-bond acceptors (Lipinski definition) is 4. The molecule has 2 unspecified atom stereocenters. The van der Waals surface area contributed by atoms with Crippen LogP contribution in [0.4, 0.5) is 21.9 Å². The summed E-state index contributed by atoms with van der Waals surface area (Å²) < 4.78 is 0. The molecule has 0 saturated heterocycles. The van der Waals surface area contributed by atoms with Gasteiger partial charge < -0.3 is 16.0 Å². The van der Waals surface area contributed by atoms with Crippen LogP contribution in [0.1, 0.15) is 50.7 Å². The molecular weight excluding hydrogens is 522 g/mol. The molecule has 8 heteroatoms. The Kier molecular flexibility index (Phi) is 8.41. The van der Waals surface area contributed by atoms with Crippen molar-refractivity contribution in [3.63, 3.8) is 0 Å². The van der Waals surface area contributed by atoms with E-state index in [-0.39, 0.29) is 17.9 Å². The summed E-state index contributed by atoms with van der Waals surface area (Å²) in [6, 6.07) is 15.4. The minimum absolute atomic E-state index is 0.124. The van der Waals surface area contributed by atoms with Crippen molar-refractivity contribution in [1.82, 2.24) is 4.98 Å². The molecule has 0 fully saturated rings. The molecular formula is C32H32ClN5O2. The lowest BCUT2D eigenvalue weighted by Crippen LogP contribution is -2.28. The number of carbonyl (C=O) groups excluding carboxylic acids is 2. The van der Waals surface area contributed by atoms with Gasteiger partial charge in [0.1, 0.15) is 6.04 Å². The molecule has 2 aromatic carbocycles. The average Bonchev–Trinajstić information content (AvgIpc) is 3.09. The number of anilines is 3. The summed E-state index contributed by atoms with van der Waals surface area (Å²) in [4.78, 5) is 34.8. The van der Waals surface area contributed by atoms with Gasteiger partial charge in [-0.2, -0.15) is 0 Å². The molecule has 5 rings (SSSR count). The molecule has 1 aliphatic heterocycles. The van der Waals surface area contributed by atoms with Crippen molar-refractivity contribution in [2.45, 2.75) is 45.6 Å². The number of benzene rings is 2. The van der Waals surface area contributed by atoms with Gasteiger partial charge in [0.05, 0.1) is 23.3 Å².